The monoisotopic (exact) mass is 266 g/mol. The summed E-state index contributed by atoms with van der Waals surface area (Å²) in [6.07, 6.45) is 2.38. The van der Waals surface area contributed by atoms with E-state index in [1.165, 1.54) is 18.9 Å². The Hall–Kier alpha value is -1.33. The molecule has 106 valence electrons. The molecule has 1 N–H and O–H groups in total. The Labute approximate surface area is 113 Å². The van der Waals surface area contributed by atoms with E-state index in [0.717, 1.165) is 18.8 Å². The third-order valence-electron chi connectivity index (χ3n) is 3.75. The fraction of sp³-hybridized carbons (Fsp3) is 0.643. The van der Waals surface area contributed by atoms with Crippen LogP contribution < -0.4 is 0 Å². The quantitative estimate of drug-likeness (QED) is 0.884. The molecule has 2 rings (SSSR count). The number of aromatic carboxylic acids is 1. The standard InChI is InChI=1S/C14H22N2O3/c1-10(12-6-7-13(19-12)14(17)18)16-8-4-5-11(16)9-15(2)3/h6-7,10-11H,4-5,8-9H2,1-3H3,(H,17,18). The van der Waals surface area contributed by atoms with Gasteiger partial charge in [0.05, 0.1) is 6.04 Å². The molecule has 0 radical (unpaired) electrons. The van der Waals surface area contributed by atoms with Crippen LogP contribution in [-0.4, -0.2) is 54.1 Å². The highest BCUT2D eigenvalue weighted by molar-refractivity contribution is 5.84. The second-order valence-corrected chi connectivity index (χ2v) is 5.48. The molecule has 0 aliphatic carbocycles. The molecule has 1 aliphatic rings. The molecule has 1 aromatic heterocycles. The number of likely N-dealkylation sites (tertiary alicyclic amines) is 1. The van der Waals surface area contributed by atoms with E-state index in [-0.39, 0.29) is 11.8 Å². The van der Waals surface area contributed by atoms with Crippen molar-refractivity contribution in [1.29, 1.82) is 0 Å². The van der Waals surface area contributed by atoms with Gasteiger partial charge in [-0.3, -0.25) is 4.90 Å². The average molecular weight is 266 g/mol. The number of likely N-dealkylation sites (N-methyl/N-ethyl adjacent to an activating group) is 1. The molecule has 0 saturated carbocycles. The van der Waals surface area contributed by atoms with Crippen LogP contribution in [0.2, 0.25) is 0 Å². The maximum atomic E-state index is 10.9. The highest BCUT2D eigenvalue weighted by Gasteiger charge is 2.31. The van der Waals surface area contributed by atoms with Gasteiger partial charge >= 0.3 is 5.97 Å². The van der Waals surface area contributed by atoms with Gasteiger partial charge in [0.15, 0.2) is 0 Å². The number of furan rings is 1. The Bertz CT molecular complexity index is 442. The third kappa shape index (κ3) is 3.16. The van der Waals surface area contributed by atoms with E-state index >= 15 is 0 Å². The zero-order chi connectivity index (χ0) is 14.0. The molecule has 0 amide bonds. The lowest BCUT2D eigenvalue weighted by molar-refractivity contribution is 0.0654. The van der Waals surface area contributed by atoms with Crippen LogP contribution in [0, 0.1) is 0 Å². The van der Waals surface area contributed by atoms with Crippen LogP contribution >= 0.6 is 0 Å². The highest BCUT2D eigenvalue weighted by Crippen LogP contribution is 2.30. The number of nitrogens with zero attached hydrogens (tertiary/aromatic N) is 2. The van der Waals surface area contributed by atoms with Crippen molar-refractivity contribution in [3.8, 4) is 0 Å². The minimum absolute atomic E-state index is 0.0187. The van der Waals surface area contributed by atoms with Crippen molar-refractivity contribution in [3.05, 3.63) is 23.7 Å². The molecular formula is C14H22N2O3. The summed E-state index contributed by atoms with van der Waals surface area (Å²) in [5, 5.41) is 8.90. The number of hydrogen-bond acceptors (Lipinski definition) is 4. The molecule has 2 atom stereocenters. The lowest BCUT2D eigenvalue weighted by Gasteiger charge is -2.31. The lowest BCUT2D eigenvalue weighted by atomic mass is 10.1. The van der Waals surface area contributed by atoms with Gasteiger partial charge < -0.3 is 14.4 Å². The van der Waals surface area contributed by atoms with E-state index in [9.17, 15) is 4.79 Å². The average Bonchev–Trinajstić information content (AvgIpc) is 2.95. The zero-order valence-corrected chi connectivity index (χ0v) is 11.8. The van der Waals surface area contributed by atoms with Crippen molar-refractivity contribution >= 4 is 5.97 Å². The van der Waals surface area contributed by atoms with E-state index in [4.69, 9.17) is 9.52 Å². The predicted octanol–water partition coefficient (Wildman–Crippen LogP) is 2.06. The first-order valence-electron chi connectivity index (χ1n) is 6.72. The summed E-state index contributed by atoms with van der Waals surface area (Å²) < 4.78 is 5.42. The van der Waals surface area contributed by atoms with E-state index in [0.29, 0.717) is 6.04 Å². The fourth-order valence-corrected chi connectivity index (χ4v) is 2.84. The van der Waals surface area contributed by atoms with Gasteiger partial charge in [-0.25, -0.2) is 4.79 Å². The third-order valence-corrected chi connectivity index (χ3v) is 3.75. The largest absolute Gasteiger partial charge is 0.475 e. The number of rotatable bonds is 5. The van der Waals surface area contributed by atoms with Crippen molar-refractivity contribution in [3.63, 3.8) is 0 Å². The van der Waals surface area contributed by atoms with Gasteiger partial charge in [0.1, 0.15) is 5.76 Å². The number of carbonyl (C=O) groups is 1. The molecule has 5 nitrogen and oxygen atoms in total. The molecule has 19 heavy (non-hydrogen) atoms. The van der Waals surface area contributed by atoms with Crippen molar-refractivity contribution in [2.24, 2.45) is 0 Å². The number of hydrogen-bond donors (Lipinski definition) is 1. The Morgan fingerprint density at radius 1 is 1.58 bits per heavy atom. The summed E-state index contributed by atoms with van der Waals surface area (Å²) in [6, 6.07) is 3.95. The molecule has 2 heterocycles. The Kier molecular flexibility index (Phi) is 4.27. The van der Waals surface area contributed by atoms with Crippen molar-refractivity contribution < 1.29 is 14.3 Å². The maximum Gasteiger partial charge on any atom is 0.371 e. The topological polar surface area (TPSA) is 56.9 Å². The first-order valence-corrected chi connectivity index (χ1v) is 6.72. The van der Waals surface area contributed by atoms with Crippen LogP contribution in [0.5, 0.6) is 0 Å². The van der Waals surface area contributed by atoms with Crippen molar-refractivity contribution in [2.75, 3.05) is 27.2 Å². The smallest absolute Gasteiger partial charge is 0.371 e. The summed E-state index contributed by atoms with van der Waals surface area (Å²) >= 11 is 0. The summed E-state index contributed by atoms with van der Waals surface area (Å²) in [4.78, 5) is 15.5. The van der Waals surface area contributed by atoms with Gasteiger partial charge in [-0.2, -0.15) is 0 Å². The van der Waals surface area contributed by atoms with Crippen molar-refractivity contribution in [1.82, 2.24) is 9.80 Å². The number of carboxylic acid groups (broad SMARTS) is 1. The van der Waals surface area contributed by atoms with Crippen LogP contribution in [-0.2, 0) is 0 Å². The number of carboxylic acids is 1. The minimum Gasteiger partial charge on any atom is -0.475 e. The van der Waals surface area contributed by atoms with E-state index in [2.05, 4.69) is 30.8 Å². The van der Waals surface area contributed by atoms with E-state index < -0.39 is 5.97 Å². The van der Waals surface area contributed by atoms with Crippen LogP contribution in [0.4, 0.5) is 0 Å². The molecular weight excluding hydrogens is 244 g/mol. The van der Waals surface area contributed by atoms with Crippen LogP contribution in [0.3, 0.4) is 0 Å². The lowest BCUT2D eigenvalue weighted by Crippen LogP contribution is -2.38. The van der Waals surface area contributed by atoms with Crippen LogP contribution in [0.1, 0.15) is 42.1 Å². The zero-order valence-electron chi connectivity index (χ0n) is 11.8. The molecule has 2 unspecified atom stereocenters. The summed E-state index contributed by atoms with van der Waals surface area (Å²) in [5.74, 6) is -0.252. The molecule has 1 saturated heterocycles. The van der Waals surface area contributed by atoms with Gasteiger partial charge in [-0.15, -0.1) is 0 Å². The second-order valence-electron chi connectivity index (χ2n) is 5.48. The second kappa shape index (κ2) is 5.75. The Balaban J connectivity index is 2.08. The molecule has 0 aromatic carbocycles. The molecule has 1 aliphatic heterocycles. The Morgan fingerprint density at radius 3 is 2.89 bits per heavy atom. The highest BCUT2D eigenvalue weighted by atomic mass is 16.4. The fourth-order valence-electron chi connectivity index (χ4n) is 2.84. The minimum atomic E-state index is -1.01. The van der Waals surface area contributed by atoms with Gasteiger partial charge in [0.25, 0.3) is 0 Å². The van der Waals surface area contributed by atoms with Gasteiger partial charge in [0, 0.05) is 12.6 Å². The van der Waals surface area contributed by atoms with Gasteiger partial charge in [-0.05, 0) is 52.5 Å². The molecule has 1 aromatic rings. The predicted molar refractivity (Wildman–Crippen MR) is 72.4 cm³/mol. The first kappa shape index (κ1) is 14.1. The van der Waals surface area contributed by atoms with Crippen LogP contribution in [0.25, 0.3) is 0 Å². The molecule has 1 fully saturated rings. The first-order chi connectivity index (χ1) is 8.99. The van der Waals surface area contributed by atoms with Gasteiger partial charge in [-0.1, -0.05) is 0 Å². The SMILES string of the molecule is CC(c1ccc(C(=O)O)o1)N1CCCC1CN(C)C. The molecule has 0 spiro atoms. The van der Waals surface area contributed by atoms with Gasteiger partial charge in [0.2, 0.25) is 5.76 Å². The molecule has 5 heteroatoms. The normalized spacial score (nSPS) is 22.0. The summed E-state index contributed by atoms with van der Waals surface area (Å²) in [5.41, 5.74) is 0. The maximum absolute atomic E-state index is 10.9. The Morgan fingerprint density at radius 2 is 2.32 bits per heavy atom. The molecule has 0 bridgehead atoms. The summed E-state index contributed by atoms with van der Waals surface area (Å²) in [6.45, 7) is 4.15. The van der Waals surface area contributed by atoms with E-state index in [1.807, 2.05) is 0 Å². The van der Waals surface area contributed by atoms with E-state index in [1.54, 1.807) is 6.07 Å². The summed E-state index contributed by atoms with van der Waals surface area (Å²) in [7, 11) is 4.16. The van der Waals surface area contributed by atoms with Crippen molar-refractivity contribution in [2.45, 2.75) is 31.8 Å². The van der Waals surface area contributed by atoms with Crippen LogP contribution in [0.15, 0.2) is 16.5 Å².